The highest BCUT2D eigenvalue weighted by molar-refractivity contribution is 5.80. The molecule has 0 aromatic rings. The summed E-state index contributed by atoms with van der Waals surface area (Å²) >= 11 is 0. The summed E-state index contributed by atoms with van der Waals surface area (Å²) in [4.78, 5) is 14.4. The monoisotopic (exact) mass is 634 g/mol. The molecule has 0 aromatic carbocycles. The summed E-state index contributed by atoms with van der Waals surface area (Å²) in [5.74, 6) is -0.157. The topological polar surface area (TPSA) is 157 Å². The maximum atomic E-state index is 14.4. The lowest BCUT2D eigenvalue weighted by molar-refractivity contribution is -0.299. The zero-order valence-electron chi connectivity index (χ0n) is 28.3. The van der Waals surface area contributed by atoms with Gasteiger partial charge in [-0.3, -0.25) is 4.79 Å². The summed E-state index contributed by atoms with van der Waals surface area (Å²) in [5, 5.41) is 64.3. The predicted octanol–water partition coefficient (Wildman–Crippen LogP) is 3.46. The Kier molecular flexibility index (Phi) is 8.05. The number of fused-ring (bicyclic) bond motifs is 7. The third-order valence-electron chi connectivity index (χ3n) is 15.1. The molecule has 3 unspecified atom stereocenters. The molecule has 9 heteroatoms. The van der Waals surface area contributed by atoms with Gasteiger partial charge in [0.25, 0.3) is 0 Å². The van der Waals surface area contributed by atoms with Crippen molar-refractivity contribution in [2.24, 2.45) is 50.2 Å². The standard InChI is InChI=1S/C36H58O9/c1-31(2)14-15-36(30(43)45-29-28(42)27(41)26(40)21(18-37)44-29)20(16-31)19-8-9-23-33(5)12-11-24(38)32(3,4)22(33)10-13-34(23,6)35(19,7)17-25(36)39/h8,20-29,37-42H,9-18H2,1-7H3/t20-,21?,22-,23+,24-,25?,26+,27?,28+,29+,33-,34+,35+,36+/m0/s1. The fourth-order valence-electron chi connectivity index (χ4n) is 12.1. The normalized spacial score (nSPS) is 53.6. The molecule has 9 nitrogen and oxygen atoms in total. The average molecular weight is 635 g/mol. The molecule has 4 saturated carbocycles. The van der Waals surface area contributed by atoms with E-state index in [1.807, 2.05) is 0 Å². The smallest absolute Gasteiger partial charge is 0.317 e. The van der Waals surface area contributed by atoms with Crippen LogP contribution in [-0.2, 0) is 14.3 Å². The number of aliphatic hydroxyl groups excluding tert-OH is 6. The molecule has 6 aliphatic rings. The Morgan fingerprint density at radius 2 is 1.53 bits per heavy atom. The summed E-state index contributed by atoms with van der Waals surface area (Å²) < 4.78 is 11.4. The van der Waals surface area contributed by atoms with E-state index in [1.165, 1.54) is 5.57 Å². The van der Waals surface area contributed by atoms with Gasteiger partial charge in [0.15, 0.2) is 0 Å². The first-order valence-electron chi connectivity index (χ1n) is 17.4. The molecule has 45 heavy (non-hydrogen) atoms. The zero-order valence-corrected chi connectivity index (χ0v) is 28.3. The molecule has 0 spiro atoms. The number of ether oxygens (including phenoxy) is 2. The van der Waals surface area contributed by atoms with Gasteiger partial charge < -0.3 is 40.1 Å². The molecule has 0 bridgehead atoms. The molecule has 5 fully saturated rings. The van der Waals surface area contributed by atoms with Crippen molar-refractivity contribution in [3.63, 3.8) is 0 Å². The SMILES string of the molecule is CC1(C)CC[C@]2(C(=O)O[C@H]3OC(CO)[C@@H](O)C(O)[C@H]3O)C(O)C[C@]3(C)C(=CC[C@@H]4[C@@]5(C)CC[C@H](O)C(C)(C)[C@@H]5CC[C@]43C)[C@@H]2C1. The molecule has 1 heterocycles. The summed E-state index contributed by atoms with van der Waals surface area (Å²) in [6.45, 7) is 15.5. The van der Waals surface area contributed by atoms with Crippen LogP contribution in [0.25, 0.3) is 0 Å². The number of hydrogen-bond donors (Lipinski definition) is 6. The number of rotatable bonds is 3. The first-order chi connectivity index (χ1) is 20.8. The second-order valence-electron chi connectivity index (χ2n) is 18.0. The highest BCUT2D eigenvalue weighted by Crippen LogP contribution is 2.75. The second kappa shape index (κ2) is 10.7. The van der Waals surface area contributed by atoms with Crippen LogP contribution in [0.3, 0.4) is 0 Å². The second-order valence-corrected chi connectivity index (χ2v) is 18.0. The maximum absolute atomic E-state index is 14.4. The van der Waals surface area contributed by atoms with Crippen LogP contribution in [0.5, 0.6) is 0 Å². The summed E-state index contributed by atoms with van der Waals surface area (Å²) in [7, 11) is 0. The van der Waals surface area contributed by atoms with E-state index in [-0.39, 0.29) is 39.1 Å². The Morgan fingerprint density at radius 3 is 2.20 bits per heavy atom. The van der Waals surface area contributed by atoms with Crippen molar-refractivity contribution in [2.45, 2.75) is 149 Å². The summed E-state index contributed by atoms with van der Waals surface area (Å²) in [6.07, 6.45) is 0.341. The van der Waals surface area contributed by atoms with Gasteiger partial charge in [-0.15, -0.1) is 0 Å². The molecular formula is C36H58O9. The zero-order chi connectivity index (χ0) is 33.1. The lowest BCUT2D eigenvalue weighted by atomic mass is 9.33. The van der Waals surface area contributed by atoms with Crippen LogP contribution in [0.15, 0.2) is 11.6 Å². The van der Waals surface area contributed by atoms with Crippen LogP contribution in [0, 0.1) is 50.2 Å². The van der Waals surface area contributed by atoms with E-state index in [1.54, 1.807) is 0 Å². The molecule has 1 aliphatic heterocycles. The summed E-state index contributed by atoms with van der Waals surface area (Å²) in [6, 6.07) is 0. The number of aliphatic hydroxyl groups is 6. The molecule has 0 amide bonds. The van der Waals surface area contributed by atoms with E-state index < -0.39 is 54.8 Å². The highest BCUT2D eigenvalue weighted by Gasteiger charge is 2.71. The van der Waals surface area contributed by atoms with Crippen LogP contribution in [-0.4, -0.2) is 86.1 Å². The van der Waals surface area contributed by atoms with Gasteiger partial charge in [-0.2, -0.15) is 0 Å². The van der Waals surface area contributed by atoms with Gasteiger partial charge in [0.1, 0.15) is 29.8 Å². The molecule has 14 atom stereocenters. The lowest BCUT2D eigenvalue weighted by Crippen LogP contribution is -2.68. The average Bonchev–Trinajstić information content (AvgIpc) is 2.95. The minimum absolute atomic E-state index is 0.0497. The van der Waals surface area contributed by atoms with Gasteiger partial charge in [-0.25, -0.2) is 0 Å². The lowest BCUT2D eigenvalue weighted by Gasteiger charge is -2.71. The van der Waals surface area contributed by atoms with Crippen LogP contribution < -0.4 is 0 Å². The van der Waals surface area contributed by atoms with Crippen molar-refractivity contribution in [2.75, 3.05) is 6.61 Å². The molecule has 0 radical (unpaired) electrons. The fraction of sp³-hybridized carbons (Fsp3) is 0.917. The van der Waals surface area contributed by atoms with E-state index in [0.29, 0.717) is 37.5 Å². The van der Waals surface area contributed by atoms with Crippen molar-refractivity contribution in [1.29, 1.82) is 0 Å². The van der Waals surface area contributed by atoms with Gasteiger partial charge in [-0.1, -0.05) is 60.1 Å². The Bertz CT molecular complexity index is 1210. The number of hydrogen-bond acceptors (Lipinski definition) is 9. The maximum Gasteiger partial charge on any atom is 0.317 e. The van der Waals surface area contributed by atoms with Crippen LogP contribution in [0.4, 0.5) is 0 Å². The third-order valence-corrected chi connectivity index (χ3v) is 15.1. The largest absolute Gasteiger partial charge is 0.432 e. The highest BCUT2D eigenvalue weighted by atomic mass is 16.7. The molecule has 6 N–H and O–H groups in total. The third kappa shape index (κ3) is 4.54. The number of carbonyl (C=O) groups excluding carboxylic acids is 1. The van der Waals surface area contributed by atoms with Crippen molar-refractivity contribution in [3.05, 3.63) is 11.6 Å². The van der Waals surface area contributed by atoms with E-state index >= 15 is 0 Å². The van der Waals surface area contributed by atoms with Crippen LogP contribution in [0.1, 0.15) is 106 Å². The van der Waals surface area contributed by atoms with Crippen LogP contribution >= 0.6 is 0 Å². The van der Waals surface area contributed by atoms with Gasteiger partial charge in [0.05, 0.1) is 18.8 Å². The minimum atomic E-state index is -1.70. The predicted molar refractivity (Wildman–Crippen MR) is 166 cm³/mol. The molecular weight excluding hydrogens is 576 g/mol. The summed E-state index contributed by atoms with van der Waals surface area (Å²) in [5.41, 5.74) is -0.661. The molecule has 6 rings (SSSR count). The molecule has 5 aliphatic carbocycles. The van der Waals surface area contributed by atoms with E-state index in [0.717, 1.165) is 32.1 Å². The quantitative estimate of drug-likeness (QED) is 0.202. The Morgan fingerprint density at radius 1 is 0.844 bits per heavy atom. The van der Waals surface area contributed by atoms with Gasteiger partial charge in [0.2, 0.25) is 6.29 Å². The molecule has 0 aromatic heterocycles. The minimum Gasteiger partial charge on any atom is -0.432 e. The fourth-order valence-corrected chi connectivity index (χ4v) is 12.1. The van der Waals surface area contributed by atoms with Crippen molar-refractivity contribution in [1.82, 2.24) is 0 Å². The number of allylic oxidation sites excluding steroid dienone is 2. The van der Waals surface area contributed by atoms with E-state index in [4.69, 9.17) is 9.47 Å². The number of carbonyl (C=O) groups is 1. The Labute approximate surface area is 268 Å². The Hall–Kier alpha value is -1.07. The number of esters is 1. The first kappa shape index (κ1) is 33.8. The van der Waals surface area contributed by atoms with Gasteiger partial charge in [-0.05, 0) is 103 Å². The van der Waals surface area contributed by atoms with Crippen molar-refractivity contribution in [3.8, 4) is 0 Å². The Balaban J connectivity index is 1.38. The van der Waals surface area contributed by atoms with E-state index in [2.05, 4.69) is 54.5 Å². The van der Waals surface area contributed by atoms with E-state index in [9.17, 15) is 35.4 Å². The van der Waals surface area contributed by atoms with Crippen LogP contribution in [0.2, 0.25) is 0 Å². The molecule has 256 valence electrons. The molecule has 1 saturated heterocycles. The van der Waals surface area contributed by atoms with Gasteiger partial charge in [0, 0.05) is 0 Å². The van der Waals surface area contributed by atoms with Crippen molar-refractivity contribution >= 4 is 5.97 Å². The van der Waals surface area contributed by atoms with Gasteiger partial charge >= 0.3 is 5.97 Å². The van der Waals surface area contributed by atoms with Crippen molar-refractivity contribution < 1.29 is 44.9 Å². The first-order valence-corrected chi connectivity index (χ1v) is 17.4.